The minimum Gasteiger partial charge on any atom is -0.481 e. The standard InChI is InChI=1S/C27H31N3O5/c1-18(26(32)33)9-8-16-29-25(31)24(14-6-7-15-28)30-27(34)35-17-23-21-12-4-2-10-19(21)20-11-3-5-13-22(20)23/h2-5,10-13,18,23-24H,6-9,14,16-17H2,1H3,(H,29,31)(H,30,34)(H,32,33). The summed E-state index contributed by atoms with van der Waals surface area (Å²) in [6.45, 7) is 2.06. The number of carbonyl (C=O) groups excluding carboxylic acids is 2. The Labute approximate surface area is 205 Å². The van der Waals surface area contributed by atoms with Crippen molar-refractivity contribution in [2.75, 3.05) is 13.2 Å². The summed E-state index contributed by atoms with van der Waals surface area (Å²) in [4.78, 5) is 36.2. The molecule has 184 valence electrons. The van der Waals surface area contributed by atoms with E-state index < -0.39 is 24.0 Å². The van der Waals surface area contributed by atoms with Gasteiger partial charge in [0.15, 0.2) is 0 Å². The number of rotatable bonds is 12. The molecular weight excluding hydrogens is 446 g/mol. The van der Waals surface area contributed by atoms with E-state index >= 15 is 0 Å². The van der Waals surface area contributed by atoms with Crippen LogP contribution in [0.15, 0.2) is 48.5 Å². The normalized spacial score (nSPS) is 13.6. The van der Waals surface area contributed by atoms with Gasteiger partial charge in [0.1, 0.15) is 12.6 Å². The number of carboxylic acid groups (broad SMARTS) is 1. The van der Waals surface area contributed by atoms with Crippen LogP contribution < -0.4 is 10.6 Å². The van der Waals surface area contributed by atoms with Gasteiger partial charge in [0.05, 0.1) is 12.0 Å². The van der Waals surface area contributed by atoms with Crippen LogP contribution in [0.5, 0.6) is 0 Å². The molecule has 3 N–H and O–H groups in total. The third-order valence-electron chi connectivity index (χ3n) is 6.27. The van der Waals surface area contributed by atoms with Crippen molar-refractivity contribution in [1.82, 2.24) is 10.6 Å². The highest BCUT2D eigenvalue weighted by atomic mass is 16.5. The van der Waals surface area contributed by atoms with Gasteiger partial charge in [-0.15, -0.1) is 0 Å². The third-order valence-corrected chi connectivity index (χ3v) is 6.27. The average molecular weight is 478 g/mol. The second-order valence-corrected chi connectivity index (χ2v) is 8.75. The van der Waals surface area contributed by atoms with Crippen LogP contribution in [-0.2, 0) is 14.3 Å². The van der Waals surface area contributed by atoms with E-state index in [2.05, 4.69) is 22.8 Å². The van der Waals surface area contributed by atoms with E-state index in [-0.39, 0.29) is 24.9 Å². The molecule has 2 aromatic carbocycles. The highest BCUT2D eigenvalue weighted by Crippen LogP contribution is 2.44. The fourth-order valence-corrected chi connectivity index (χ4v) is 4.30. The van der Waals surface area contributed by atoms with Gasteiger partial charge in [-0.1, -0.05) is 55.5 Å². The van der Waals surface area contributed by atoms with Gasteiger partial charge in [-0.3, -0.25) is 9.59 Å². The maximum absolute atomic E-state index is 12.7. The SMILES string of the molecule is CC(CCCNC(=O)C(CCCC#N)NC(=O)OCC1c2ccccc2-c2ccccc21)C(=O)O. The second kappa shape index (κ2) is 12.6. The van der Waals surface area contributed by atoms with E-state index in [0.29, 0.717) is 32.2 Å². The number of fused-ring (bicyclic) bond motifs is 3. The molecule has 2 amide bonds. The van der Waals surface area contributed by atoms with Crippen molar-refractivity contribution >= 4 is 18.0 Å². The molecule has 0 aliphatic heterocycles. The van der Waals surface area contributed by atoms with Gasteiger partial charge in [-0.25, -0.2) is 4.79 Å². The summed E-state index contributed by atoms with van der Waals surface area (Å²) in [5.41, 5.74) is 4.45. The third kappa shape index (κ3) is 6.82. The summed E-state index contributed by atoms with van der Waals surface area (Å²) in [6.07, 6.45) is 1.28. The van der Waals surface area contributed by atoms with E-state index in [0.717, 1.165) is 22.3 Å². The summed E-state index contributed by atoms with van der Waals surface area (Å²) in [7, 11) is 0. The number of alkyl carbamates (subject to hydrolysis) is 1. The first-order valence-corrected chi connectivity index (χ1v) is 11.9. The quantitative estimate of drug-likeness (QED) is 0.393. The predicted molar refractivity (Wildman–Crippen MR) is 131 cm³/mol. The van der Waals surface area contributed by atoms with Gasteiger partial charge in [-0.2, -0.15) is 5.26 Å². The smallest absolute Gasteiger partial charge is 0.407 e. The Bertz CT molecular complexity index is 1050. The number of carbonyl (C=O) groups is 3. The first-order valence-electron chi connectivity index (χ1n) is 11.9. The Hall–Kier alpha value is -3.86. The fraction of sp³-hybridized carbons (Fsp3) is 0.407. The highest BCUT2D eigenvalue weighted by Gasteiger charge is 2.29. The van der Waals surface area contributed by atoms with Crippen molar-refractivity contribution in [1.29, 1.82) is 5.26 Å². The zero-order valence-electron chi connectivity index (χ0n) is 19.8. The van der Waals surface area contributed by atoms with E-state index in [1.807, 2.05) is 42.5 Å². The van der Waals surface area contributed by atoms with Crippen LogP contribution in [0.3, 0.4) is 0 Å². The zero-order valence-corrected chi connectivity index (χ0v) is 19.8. The molecule has 8 nitrogen and oxygen atoms in total. The number of hydrogen-bond acceptors (Lipinski definition) is 5. The lowest BCUT2D eigenvalue weighted by Crippen LogP contribution is -2.47. The van der Waals surface area contributed by atoms with Crippen LogP contribution >= 0.6 is 0 Å². The largest absolute Gasteiger partial charge is 0.481 e. The minimum atomic E-state index is -0.873. The van der Waals surface area contributed by atoms with Gasteiger partial charge in [0, 0.05) is 18.9 Å². The average Bonchev–Trinajstić information content (AvgIpc) is 3.18. The topological polar surface area (TPSA) is 129 Å². The molecule has 0 fully saturated rings. The Morgan fingerprint density at radius 3 is 2.26 bits per heavy atom. The lowest BCUT2D eigenvalue weighted by molar-refractivity contribution is -0.141. The fourth-order valence-electron chi connectivity index (χ4n) is 4.30. The number of nitrogens with zero attached hydrogens (tertiary/aromatic N) is 1. The molecule has 0 aromatic heterocycles. The van der Waals surface area contributed by atoms with Crippen LogP contribution in [0.4, 0.5) is 4.79 Å². The molecule has 35 heavy (non-hydrogen) atoms. The maximum Gasteiger partial charge on any atom is 0.407 e. The van der Waals surface area contributed by atoms with Crippen LogP contribution in [0.2, 0.25) is 0 Å². The van der Waals surface area contributed by atoms with Gasteiger partial charge < -0.3 is 20.5 Å². The van der Waals surface area contributed by atoms with E-state index in [4.69, 9.17) is 15.1 Å². The minimum absolute atomic E-state index is 0.0877. The lowest BCUT2D eigenvalue weighted by Gasteiger charge is -2.19. The summed E-state index contributed by atoms with van der Waals surface area (Å²) in [6, 6.07) is 17.3. The molecule has 0 spiro atoms. The number of nitriles is 1. The Morgan fingerprint density at radius 1 is 1.03 bits per heavy atom. The van der Waals surface area contributed by atoms with Crippen molar-refractivity contribution in [3.8, 4) is 17.2 Å². The number of unbranched alkanes of at least 4 members (excludes halogenated alkanes) is 1. The molecule has 0 radical (unpaired) electrons. The van der Waals surface area contributed by atoms with Crippen molar-refractivity contribution < 1.29 is 24.2 Å². The Kier molecular flexibility index (Phi) is 9.24. The molecule has 1 aliphatic rings. The first-order chi connectivity index (χ1) is 16.9. The second-order valence-electron chi connectivity index (χ2n) is 8.75. The number of amides is 2. The predicted octanol–water partition coefficient (Wildman–Crippen LogP) is 4.20. The van der Waals surface area contributed by atoms with Crippen molar-refractivity contribution in [3.05, 3.63) is 59.7 Å². The molecular formula is C27H31N3O5. The molecule has 2 unspecified atom stereocenters. The molecule has 0 bridgehead atoms. The Morgan fingerprint density at radius 2 is 1.66 bits per heavy atom. The molecule has 0 heterocycles. The zero-order chi connectivity index (χ0) is 25.2. The van der Waals surface area contributed by atoms with Gasteiger partial charge in [0.2, 0.25) is 5.91 Å². The first kappa shape index (κ1) is 25.8. The van der Waals surface area contributed by atoms with Crippen LogP contribution in [0.25, 0.3) is 11.1 Å². The molecule has 8 heteroatoms. The number of ether oxygens (including phenoxy) is 1. The number of benzene rings is 2. The Balaban J connectivity index is 1.56. The number of carboxylic acids is 1. The monoisotopic (exact) mass is 477 g/mol. The molecule has 3 rings (SSSR count). The van der Waals surface area contributed by atoms with Crippen LogP contribution in [-0.4, -0.2) is 42.3 Å². The van der Waals surface area contributed by atoms with E-state index in [1.165, 1.54) is 0 Å². The van der Waals surface area contributed by atoms with E-state index in [1.54, 1.807) is 6.92 Å². The maximum atomic E-state index is 12.7. The molecule has 0 saturated heterocycles. The van der Waals surface area contributed by atoms with Crippen molar-refractivity contribution in [2.45, 2.75) is 51.0 Å². The molecule has 0 saturated carbocycles. The van der Waals surface area contributed by atoms with Crippen LogP contribution in [0, 0.1) is 17.2 Å². The van der Waals surface area contributed by atoms with Crippen molar-refractivity contribution in [2.24, 2.45) is 5.92 Å². The summed E-state index contributed by atoms with van der Waals surface area (Å²) in [5.74, 6) is -1.82. The number of hydrogen-bond donors (Lipinski definition) is 3. The van der Waals surface area contributed by atoms with Crippen molar-refractivity contribution in [3.63, 3.8) is 0 Å². The van der Waals surface area contributed by atoms with E-state index in [9.17, 15) is 14.4 Å². The summed E-state index contributed by atoms with van der Waals surface area (Å²) in [5, 5.41) is 23.2. The molecule has 1 aliphatic carbocycles. The lowest BCUT2D eigenvalue weighted by atomic mass is 9.98. The highest BCUT2D eigenvalue weighted by molar-refractivity contribution is 5.85. The number of aliphatic carboxylic acids is 1. The number of nitrogens with one attached hydrogen (secondary N) is 2. The summed E-state index contributed by atoms with van der Waals surface area (Å²) >= 11 is 0. The molecule has 2 aromatic rings. The van der Waals surface area contributed by atoms with Gasteiger partial charge in [0.25, 0.3) is 0 Å². The van der Waals surface area contributed by atoms with Crippen LogP contribution in [0.1, 0.15) is 56.1 Å². The summed E-state index contributed by atoms with van der Waals surface area (Å²) < 4.78 is 5.55. The van der Waals surface area contributed by atoms with Gasteiger partial charge >= 0.3 is 12.1 Å². The molecule has 2 atom stereocenters. The van der Waals surface area contributed by atoms with Gasteiger partial charge in [-0.05, 0) is 47.9 Å².